The molecule has 0 bridgehead atoms. The van der Waals surface area contributed by atoms with Gasteiger partial charge >= 0.3 is 0 Å². The number of nitrogen functional groups attached to an aromatic ring is 1. The van der Waals surface area contributed by atoms with Crippen molar-refractivity contribution in [3.63, 3.8) is 0 Å². The van der Waals surface area contributed by atoms with Gasteiger partial charge in [-0.05, 0) is 30.3 Å². The number of hydrogen-bond donors (Lipinski definition) is 1. The van der Waals surface area contributed by atoms with Crippen molar-refractivity contribution in [2.24, 2.45) is 0 Å². The second-order valence-electron chi connectivity index (χ2n) is 4.31. The van der Waals surface area contributed by atoms with E-state index >= 15 is 0 Å². The molecule has 3 aromatic heterocycles. The summed E-state index contributed by atoms with van der Waals surface area (Å²) in [6.07, 6.45) is 3.73. The van der Waals surface area contributed by atoms with Crippen LogP contribution in [0.2, 0.25) is 0 Å². The molecule has 20 heavy (non-hydrogen) atoms. The van der Waals surface area contributed by atoms with Gasteiger partial charge in [-0.25, -0.2) is 9.97 Å². The quantitative estimate of drug-likeness (QED) is 0.740. The number of nitrogens with two attached hydrogens (primary N) is 1. The summed E-state index contributed by atoms with van der Waals surface area (Å²) in [7, 11) is 0. The normalized spacial score (nSPS) is 11.1. The van der Waals surface area contributed by atoms with E-state index in [2.05, 4.69) is 27.1 Å². The van der Waals surface area contributed by atoms with Gasteiger partial charge in [0.15, 0.2) is 5.65 Å². The molecule has 0 fully saturated rings. The third-order valence-electron chi connectivity index (χ3n) is 2.72. The van der Waals surface area contributed by atoms with E-state index in [-0.39, 0.29) is 0 Å². The average molecular weight is 286 g/mol. The SMILES string of the molecule is CCCc1nc(N)cc(Sc2nnc3ccccn23)n1. The number of hydrogen-bond acceptors (Lipinski definition) is 6. The van der Waals surface area contributed by atoms with E-state index in [1.165, 1.54) is 11.8 Å². The van der Waals surface area contributed by atoms with Crippen molar-refractivity contribution in [2.75, 3.05) is 5.73 Å². The first-order valence-corrected chi connectivity index (χ1v) is 7.19. The summed E-state index contributed by atoms with van der Waals surface area (Å²) in [5.41, 5.74) is 6.63. The van der Waals surface area contributed by atoms with Gasteiger partial charge in [-0.15, -0.1) is 10.2 Å². The molecule has 0 unspecified atom stereocenters. The summed E-state index contributed by atoms with van der Waals surface area (Å²) in [6.45, 7) is 2.09. The monoisotopic (exact) mass is 286 g/mol. The zero-order chi connectivity index (χ0) is 13.9. The number of aryl methyl sites for hydroxylation is 1. The van der Waals surface area contributed by atoms with Gasteiger partial charge in [0.1, 0.15) is 16.7 Å². The molecule has 102 valence electrons. The standard InChI is InChI=1S/C13H14N6S/c1-2-5-10-15-9(14)8-12(16-10)20-13-18-17-11-6-3-4-7-19(11)13/h3-4,6-8H,2,5H2,1H3,(H2,14,15,16). The van der Waals surface area contributed by atoms with E-state index < -0.39 is 0 Å². The lowest BCUT2D eigenvalue weighted by atomic mass is 10.3. The average Bonchev–Trinajstić information content (AvgIpc) is 2.82. The molecule has 3 aromatic rings. The minimum Gasteiger partial charge on any atom is -0.384 e. The van der Waals surface area contributed by atoms with Gasteiger partial charge in [-0.3, -0.25) is 4.40 Å². The Bertz CT molecular complexity index is 739. The summed E-state index contributed by atoms with van der Waals surface area (Å²) in [6, 6.07) is 7.54. The molecule has 0 saturated carbocycles. The highest BCUT2D eigenvalue weighted by Gasteiger charge is 2.09. The van der Waals surface area contributed by atoms with E-state index in [0.717, 1.165) is 34.5 Å². The van der Waals surface area contributed by atoms with Crippen molar-refractivity contribution < 1.29 is 0 Å². The van der Waals surface area contributed by atoms with Crippen LogP contribution in [0, 0.1) is 0 Å². The number of fused-ring (bicyclic) bond motifs is 1. The molecule has 0 aliphatic carbocycles. The maximum Gasteiger partial charge on any atom is 0.201 e. The molecular weight excluding hydrogens is 272 g/mol. The van der Waals surface area contributed by atoms with Crippen LogP contribution in [0.4, 0.5) is 5.82 Å². The first-order chi connectivity index (χ1) is 9.76. The van der Waals surface area contributed by atoms with Crippen molar-refractivity contribution >= 4 is 23.2 Å². The molecule has 2 N–H and O–H groups in total. The van der Waals surface area contributed by atoms with Crippen LogP contribution in [0.1, 0.15) is 19.2 Å². The molecule has 0 atom stereocenters. The second-order valence-corrected chi connectivity index (χ2v) is 5.30. The third kappa shape index (κ3) is 2.57. The molecule has 6 nitrogen and oxygen atoms in total. The number of nitrogens with zero attached hydrogens (tertiary/aromatic N) is 5. The molecule has 0 amide bonds. The van der Waals surface area contributed by atoms with Crippen LogP contribution >= 0.6 is 11.8 Å². The minimum atomic E-state index is 0.486. The number of rotatable bonds is 4. The topological polar surface area (TPSA) is 82.0 Å². The highest BCUT2D eigenvalue weighted by atomic mass is 32.2. The number of aromatic nitrogens is 5. The van der Waals surface area contributed by atoms with Crippen LogP contribution in [0.25, 0.3) is 5.65 Å². The van der Waals surface area contributed by atoms with Gasteiger partial charge in [0, 0.05) is 18.7 Å². The molecule has 0 spiro atoms. The van der Waals surface area contributed by atoms with Crippen LogP contribution in [-0.2, 0) is 6.42 Å². The summed E-state index contributed by atoms with van der Waals surface area (Å²) in [4.78, 5) is 8.72. The van der Waals surface area contributed by atoms with Gasteiger partial charge in [0.25, 0.3) is 0 Å². The van der Waals surface area contributed by atoms with E-state index in [1.54, 1.807) is 6.07 Å². The molecule has 3 rings (SSSR count). The Balaban J connectivity index is 1.94. The lowest BCUT2D eigenvalue weighted by molar-refractivity contribution is 0.811. The Morgan fingerprint density at radius 1 is 1.25 bits per heavy atom. The van der Waals surface area contributed by atoms with Gasteiger partial charge in [0.05, 0.1) is 0 Å². The van der Waals surface area contributed by atoms with Gasteiger partial charge in [-0.1, -0.05) is 13.0 Å². The molecule has 7 heteroatoms. The van der Waals surface area contributed by atoms with Crippen LogP contribution in [0.5, 0.6) is 0 Å². The molecule has 0 radical (unpaired) electrons. The fourth-order valence-electron chi connectivity index (χ4n) is 1.86. The largest absolute Gasteiger partial charge is 0.384 e. The van der Waals surface area contributed by atoms with Crippen LogP contribution in [0.3, 0.4) is 0 Å². The Morgan fingerprint density at radius 2 is 2.15 bits per heavy atom. The zero-order valence-electron chi connectivity index (χ0n) is 11.0. The smallest absolute Gasteiger partial charge is 0.201 e. The molecular formula is C13H14N6S. The third-order valence-corrected chi connectivity index (χ3v) is 3.60. The summed E-state index contributed by atoms with van der Waals surface area (Å²) >= 11 is 1.44. The lowest BCUT2D eigenvalue weighted by Crippen LogP contribution is -2.00. The summed E-state index contributed by atoms with van der Waals surface area (Å²) in [5.74, 6) is 1.25. The van der Waals surface area contributed by atoms with E-state index in [1.807, 2.05) is 28.8 Å². The molecule has 3 heterocycles. The summed E-state index contributed by atoms with van der Waals surface area (Å²) in [5, 5.41) is 9.84. The van der Waals surface area contributed by atoms with Crippen molar-refractivity contribution in [1.82, 2.24) is 24.6 Å². The van der Waals surface area contributed by atoms with Crippen LogP contribution in [-0.4, -0.2) is 24.6 Å². The fraction of sp³-hybridized carbons (Fsp3) is 0.231. The summed E-state index contributed by atoms with van der Waals surface area (Å²) < 4.78 is 1.92. The first-order valence-electron chi connectivity index (χ1n) is 6.37. The van der Waals surface area contributed by atoms with Crippen molar-refractivity contribution in [3.05, 3.63) is 36.3 Å². The highest BCUT2D eigenvalue weighted by molar-refractivity contribution is 7.99. The van der Waals surface area contributed by atoms with Gasteiger partial charge in [0.2, 0.25) is 5.16 Å². The number of anilines is 1. The Labute approximate surface area is 120 Å². The van der Waals surface area contributed by atoms with Gasteiger partial charge < -0.3 is 5.73 Å². The zero-order valence-corrected chi connectivity index (χ0v) is 11.8. The Hall–Kier alpha value is -2.15. The highest BCUT2D eigenvalue weighted by Crippen LogP contribution is 2.25. The fourth-order valence-corrected chi connectivity index (χ4v) is 2.71. The van der Waals surface area contributed by atoms with Gasteiger partial charge in [-0.2, -0.15) is 0 Å². The number of pyridine rings is 1. The second kappa shape index (κ2) is 5.46. The van der Waals surface area contributed by atoms with Crippen molar-refractivity contribution in [1.29, 1.82) is 0 Å². The maximum absolute atomic E-state index is 5.82. The van der Waals surface area contributed by atoms with Crippen molar-refractivity contribution in [3.8, 4) is 0 Å². The predicted molar refractivity (Wildman–Crippen MR) is 77.5 cm³/mol. The van der Waals surface area contributed by atoms with Crippen LogP contribution < -0.4 is 5.73 Å². The van der Waals surface area contributed by atoms with E-state index in [0.29, 0.717) is 5.82 Å². The maximum atomic E-state index is 5.82. The first kappa shape index (κ1) is 12.9. The Kier molecular flexibility index (Phi) is 3.51. The molecule has 0 aliphatic heterocycles. The molecule has 0 aliphatic rings. The van der Waals surface area contributed by atoms with E-state index in [9.17, 15) is 0 Å². The van der Waals surface area contributed by atoms with Crippen molar-refractivity contribution in [2.45, 2.75) is 29.9 Å². The van der Waals surface area contributed by atoms with E-state index in [4.69, 9.17) is 5.73 Å². The Morgan fingerprint density at radius 3 is 3.00 bits per heavy atom. The molecule has 0 saturated heterocycles. The lowest BCUT2D eigenvalue weighted by Gasteiger charge is -2.03. The van der Waals surface area contributed by atoms with Crippen LogP contribution in [0.15, 0.2) is 40.6 Å². The minimum absolute atomic E-state index is 0.486. The predicted octanol–water partition coefficient (Wildman–Crippen LogP) is 2.21. The molecule has 0 aromatic carbocycles.